The second kappa shape index (κ2) is 10.6. The van der Waals surface area contributed by atoms with E-state index in [4.69, 9.17) is 0 Å². The first-order valence-corrected chi connectivity index (χ1v) is 12.3. The normalized spacial score (nSPS) is 15.0. The Morgan fingerprint density at radius 2 is 1.66 bits per heavy atom. The number of hydrogen-bond acceptors (Lipinski definition) is 4. The van der Waals surface area contributed by atoms with Crippen LogP contribution in [0.15, 0.2) is 66.9 Å². The first-order valence-electron chi connectivity index (χ1n) is 11.1. The fourth-order valence-electron chi connectivity index (χ4n) is 4.31. The van der Waals surface area contributed by atoms with Crippen molar-refractivity contribution in [2.45, 2.75) is 39.0 Å². The van der Waals surface area contributed by atoms with Crippen LogP contribution >= 0.6 is 8.03 Å². The Hall–Kier alpha value is -3.25. The van der Waals surface area contributed by atoms with Crippen molar-refractivity contribution in [3.05, 3.63) is 83.8 Å². The molecule has 0 bridgehead atoms. The summed E-state index contributed by atoms with van der Waals surface area (Å²) >= 11 is 0. The number of aliphatic hydroxyl groups excluding tert-OH is 1. The highest BCUT2D eigenvalue weighted by Crippen LogP contribution is 2.51. The second-order valence-electron chi connectivity index (χ2n) is 8.74. The minimum Gasteiger partial charge on any atom is -0.477 e. The standard InChI is InChI=1S/C27H27FNO5P/c1-16(2)14-23(27(18(4)30,26(31)32)35(33)34)22-15-29-25(20-8-6-5-7-9-20)17(3)24(22)19-10-12-21(28)13-11-19/h5-16,18,30H,1-4H3,(H-,31,32,33,34)/p+1. The number of carboxylic acid groups (broad SMARTS) is 1. The van der Waals surface area contributed by atoms with Gasteiger partial charge in [-0.2, -0.15) is 4.89 Å². The van der Waals surface area contributed by atoms with E-state index >= 15 is 0 Å². The topological polar surface area (TPSA) is 108 Å². The van der Waals surface area contributed by atoms with Crippen LogP contribution in [0.3, 0.4) is 0 Å². The number of benzene rings is 2. The highest BCUT2D eigenvalue weighted by atomic mass is 31.1. The van der Waals surface area contributed by atoms with Crippen molar-refractivity contribution < 1.29 is 28.9 Å². The zero-order chi connectivity index (χ0) is 25.9. The van der Waals surface area contributed by atoms with Crippen molar-refractivity contribution in [3.8, 4) is 22.4 Å². The molecule has 3 N–H and O–H groups in total. The van der Waals surface area contributed by atoms with Crippen LogP contribution in [0.4, 0.5) is 4.39 Å². The molecule has 0 aliphatic carbocycles. The summed E-state index contributed by atoms with van der Waals surface area (Å²) in [5, 5.41) is 18.3. The summed E-state index contributed by atoms with van der Waals surface area (Å²) in [4.78, 5) is 27.5. The van der Waals surface area contributed by atoms with Crippen LogP contribution in [0, 0.1) is 18.7 Å². The van der Waals surface area contributed by atoms with E-state index < -0.39 is 31.1 Å². The van der Waals surface area contributed by atoms with Gasteiger partial charge in [0.05, 0.1) is 5.69 Å². The molecule has 0 saturated heterocycles. The lowest BCUT2D eigenvalue weighted by Gasteiger charge is -2.27. The summed E-state index contributed by atoms with van der Waals surface area (Å²) in [5.41, 5.74) is 3.50. The van der Waals surface area contributed by atoms with Crippen LogP contribution in [-0.4, -0.2) is 37.3 Å². The number of nitrogens with zero attached hydrogens (tertiary/aromatic N) is 1. The van der Waals surface area contributed by atoms with Gasteiger partial charge in [0, 0.05) is 22.9 Å². The maximum atomic E-state index is 13.8. The molecule has 0 fully saturated rings. The molecule has 3 atom stereocenters. The number of hydrogen-bond donors (Lipinski definition) is 3. The van der Waals surface area contributed by atoms with Crippen LogP contribution in [0.5, 0.6) is 0 Å². The summed E-state index contributed by atoms with van der Waals surface area (Å²) in [7, 11) is -3.42. The minimum atomic E-state index is -3.42. The lowest BCUT2D eigenvalue weighted by molar-refractivity contribution is -0.141. The molecule has 0 spiro atoms. The number of rotatable bonds is 8. The third-order valence-corrected chi connectivity index (χ3v) is 7.34. The van der Waals surface area contributed by atoms with E-state index in [0.717, 1.165) is 5.56 Å². The molecule has 0 aliphatic heterocycles. The first-order chi connectivity index (χ1) is 16.5. The Morgan fingerprint density at radius 1 is 1.06 bits per heavy atom. The van der Waals surface area contributed by atoms with Gasteiger partial charge in [-0.3, -0.25) is 4.98 Å². The predicted molar refractivity (Wildman–Crippen MR) is 134 cm³/mol. The van der Waals surface area contributed by atoms with E-state index in [0.29, 0.717) is 22.4 Å². The molecule has 8 heteroatoms. The fraction of sp³-hybridized carbons (Fsp3) is 0.259. The van der Waals surface area contributed by atoms with Crippen LogP contribution in [0.2, 0.25) is 0 Å². The molecule has 0 aliphatic rings. The molecule has 35 heavy (non-hydrogen) atoms. The highest BCUT2D eigenvalue weighted by molar-refractivity contribution is 7.42. The van der Waals surface area contributed by atoms with Crippen molar-refractivity contribution >= 4 is 19.6 Å². The Kier molecular flexibility index (Phi) is 7.96. The molecule has 0 radical (unpaired) electrons. The van der Waals surface area contributed by atoms with Crippen molar-refractivity contribution in [3.63, 3.8) is 0 Å². The second-order valence-corrected chi connectivity index (χ2v) is 9.99. The molecular formula is C27H28FNO5P+. The van der Waals surface area contributed by atoms with E-state index in [2.05, 4.69) is 4.98 Å². The fourth-order valence-corrected chi connectivity index (χ4v) is 5.19. The van der Waals surface area contributed by atoms with Gasteiger partial charge in [-0.1, -0.05) is 62.4 Å². The monoisotopic (exact) mass is 496 g/mol. The molecule has 182 valence electrons. The Balaban J connectivity index is 2.48. The van der Waals surface area contributed by atoms with Crippen LogP contribution in [-0.2, 0) is 9.36 Å². The Labute approximate surface area is 204 Å². The lowest BCUT2D eigenvalue weighted by Crippen LogP contribution is -2.46. The van der Waals surface area contributed by atoms with E-state index in [1.54, 1.807) is 32.1 Å². The van der Waals surface area contributed by atoms with Gasteiger partial charge in [0.1, 0.15) is 11.9 Å². The molecule has 6 nitrogen and oxygen atoms in total. The molecule has 0 saturated carbocycles. The van der Waals surface area contributed by atoms with Gasteiger partial charge in [0.25, 0.3) is 0 Å². The third kappa shape index (κ3) is 4.94. The van der Waals surface area contributed by atoms with Crippen LogP contribution < -0.4 is 0 Å². The summed E-state index contributed by atoms with van der Waals surface area (Å²) in [6.07, 6.45) is 1.32. The highest BCUT2D eigenvalue weighted by Gasteiger charge is 2.64. The number of carboxylic acids is 1. The molecule has 3 rings (SSSR count). The maximum Gasteiger partial charge on any atom is 0.531 e. The van der Waals surface area contributed by atoms with Gasteiger partial charge in [-0.05, 0) is 53.2 Å². The summed E-state index contributed by atoms with van der Waals surface area (Å²) < 4.78 is 26.4. The van der Waals surface area contributed by atoms with Crippen molar-refractivity contribution in [2.75, 3.05) is 0 Å². The van der Waals surface area contributed by atoms with E-state index in [1.807, 2.05) is 37.3 Å². The zero-order valence-electron chi connectivity index (χ0n) is 19.9. The first kappa shape index (κ1) is 26.4. The number of allylic oxidation sites excluding steroid dienone is 1. The van der Waals surface area contributed by atoms with Crippen LogP contribution in [0.1, 0.15) is 31.9 Å². The number of aliphatic hydroxyl groups is 1. The number of aromatic nitrogens is 1. The average Bonchev–Trinajstić information content (AvgIpc) is 2.79. The quantitative estimate of drug-likeness (QED) is 0.338. The maximum absolute atomic E-state index is 13.8. The SMILES string of the molecule is Cc1c(-c2ccccc2)ncc(C(=CC(C)C)C(C(=O)O)(C(C)O)[P+](=O)O)c1-c1ccc(F)cc1. The molecule has 0 amide bonds. The smallest absolute Gasteiger partial charge is 0.477 e. The summed E-state index contributed by atoms with van der Waals surface area (Å²) in [6.45, 7) is 6.60. The van der Waals surface area contributed by atoms with Crippen molar-refractivity contribution in [1.82, 2.24) is 4.98 Å². The van der Waals surface area contributed by atoms with E-state index in [9.17, 15) is 28.9 Å². The van der Waals surface area contributed by atoms with Crippen molar-refractivity contribution in [1.29, 1.82) is 0 Å². The Morgan fingerprint density at radius 3 is 2.14 bits per heavy atom. The number of pyridine rings is 1. The Bertz CT molecular complexity index is 1260. The molecular weight excluding hydrogens is 468 g/mol. The third-order valence-electron chi connectivity index (χ3n) is 5.94. The molecule has 1 heterocycles. The predicted octanol–water partition coefficient (Wildman–Crippen LogP) is 5.84. The van der Waals surface area contributed by atoms with Crippen molar-refractivity contribution in [2.24, 2.45) is 5.92 Å². The zero-order valence-corrected chi connectivity index (χ0v) is 20.8. The number of halogens is 1. The van der Waals surface area contributed by atoms with Gasteiger partial charge in [-0.15, -0.1) is 0 Å². The molecule has 2 aromatic carbocycles. The van der Waals surface area contributed by atoms with E-state index in [1.165, 1.54) is 25.3 Å². The summed E-state index contributed by atoms with van der Waals surface area (Å²) in [6, 6.07) is 15.1. The number of aliphatic carboxylic acids is 1. The molecule has 1 aromatic heterocycles. The largest absolute Gasteiger partial charge is 0.531 e. The van der Waals surface area contributed by atoms with E-state index in [-0.39, 0.29) is 17.1 Å². The molecule has 3 aromatic rings. The van der Waals surface area contributed by atoms with Gasteiger partial charge in [-0.25, -0.2) is 9.18 Å². The van der Waals surface area contributed by atoms with Gasteiger partial charge < -0.3 is 10.2 Å². The lowest BCUT2D eigenvalue weighted by atomic mass is 9.81. The van der Waals surface area contributed by atoms with Gasteiger partial charge >= 0.3 is 19.2 Å². The minimum absolute atomic E-state index is 0.0202. The molecule has 3 unspecified atom stereocenters. The van der Waals surface area contributed by atoms with Gasteiger partial charge in [0.15, 0.2) is 0 Å². The average molecular weight is 496 g/mol. The summed E-state index contributed by atoms with van der Waals surface area (Å²) in [5.74, 6) is -2.30. The van der Waals surface area contributed by atoms with Gasteiger partial charge in [0.2, 0.25) is 0 Å². The van der Waals surface area contributed by atoms with Crippen LogP contribution in [0.25, 0.3) is 28.0 Å². The number of carbonyl (C=O) groups is 1.